The molecular weight excluding hydrogens is 247 g/mol. The molecule has 1 aromatic rings. The lowest BCUT2D eigenvalue weighted by Crippen LogP contribution is -2.17. The van der Waals surface area contributed by atoms with Crippen LogP contribution >= 0.6 is 0 Å². The van der Waals surface area contributed by atoms with Crippen molar-refractivity contribution in [3.05, 3.63) is 29.3 Å². The summed E-state index contributed by atoms with van der Waals surface area (Å²) in [5.41, 5.74) is -1.05. The first-order valence-corrected chi connectivity index (χ1v) is 5.31. The number of carbonyl (C=O) groups excluding carboxylic acids is 1. The van der Waals surface area contributed by atoms with E-state index in [1.54, 1.807) is 13.8 Å². The van der Waals surface area contributed by atoms with Crippen molar-refractivity contribution in [2.75, 3.05) is 12.4 Å². The summed E-state index contributed by atoms with van der Waals surface area (Å²) in [6.07, 6.45) is -4.53. The number of methoxy groups -OCH3 is 1. The minimum absolute atomic E-state index is 0.0508. The Kier molecular flexibility index (Phi) is 4.21. The van der Waals surface area contributed by atoms with Crippen LogP contribution in [0.2, 0.25) is 0 Å². The fraction of sp³-hybridized carbons (Fsp3) is 0.417. The second-order valence-corrected chi connectivity index (χ2v) is 4.05. The fourth-order valence-corrected chi connectivity index (χ4v) is 1.46. The zero-order valence-corrected chi connectivity index (χ0v) is 10.3. The first-order chi connectivity index (χ1) is 8.25. The Labute approximate surface area is 103 Å². The fourth-order valence-electron chi connectivity index (χ4n) is 1.46. The van der Waals surface area contributed by atoms with Gasteiger partial charge in [-0.25, -0.2) is 4.79 Å². The van der Waals surface area contributed by atoms with Crippen LogP contribution in [-0.2, 0) is 10.9 Å². The van der Waals surface area contributed by atoms with Crippen LogP contribution in [0.3, 0.4) is 0 Å². The minimum atomic E-state index is -4.53. The number of benzene rings is 1. The monoisotopic (exact) mass is 261 g/mol. The van der Waals surface area contributed by atoms with Crippen LogP contribution in [0.4, 0.5) is 18.9 Å². The Morgan fingerprint density at radius 2 is 1.94 bits per heavy atom. The average molecular weight is 261 g/mol. The van der Waals surface area contributed by atoms with E-state index in [4.69, 9.17) is 0 Å². The summed E-state index contributed by atoms with van der Waals surface area (Å²) in [5.74, 6) is -0.795. The molecule has 0 radical (unpaired) electrons. The summed E-state index contributed by atoms with van der Waals surface area (Å²) >= 11 is 0. The maximum Gasteiger partial charge on any atom is 0.418 e. The molecule has 6 heteroatoms. The zero-order chi connectivity index (χ0) is 13.9. The largest absolute Gasteiger partial charge is 0.465 e. The number of hydrogen-bond acceptors (Lipinski definition) is 3. The zero-order valence-electron chi connectivity index (χ0n) is 10.3. The molecule has 0 aromatic heterocycles. The van der Waals surface area contributed by atoms with Gasteiger partial charge in [0.2, 0.25) is 0 Å². The molecule has 1 N–H and O–H groups in total. The molecule has 1 rings (SSSR count). The normalized spacial score (nSPS) is 11.5. The van der Waals surface area contributed by atoms with Crippen LogP contribution < -0.4 is 5.32 Å². The number of alkyl halides is 3. The summed E-state index contributed by atoms with van der Waals surface area (Å²) in [4.78, 5) is 11.2. The van der Waals surface area contributed by atoms with E-state index in [9.17, 15) is 18.0 Å². The highest BCUT2D eigenvalue weighted by molar-refractivity contribution is 5.90. The molecule has 0 aliphatic rings. The molecule has 0 spiro atoms. The molecule has 0 amide bonds. The molecule has 0 atom stereocenters. The number of rotatable bonds is 3. The molecule has 3 nitrogen and oxygen atoms in total. The quantitative estimate of drug-likeness (QED) is 0.848. The molecule has 18 heavy (non-hydrogen) atoms. The lowest BCUT2D eigenvalue weighted by atomic mass is 10.1. The van der Waals surface area contributed by atoms with Gasteiger partial charge in [0.1, 0.15) is 0 Å². The standard InChI is InChI=1S/C12H14F3NO2/c1-7(2)16-10-5-4-8(11(17)18-3)6-9(10)12(13,14)15/h4-7,16H,1-3H3. The highest BCUT2D eigenvalue weighted by Crippen LogP contribution is 2.35. The average Bonchev–Trinajstić information content (AvgIpc) is 2.26. The van der Waals surface area contributed by atoms with E-state index in [1.807, 2.05) is 0 Å². The number of hydrogen-bond donors (Lipinski definition) is 1. The van der Waals surface area contributed by atoms with Gasteiger partial charge in [-0.3, -0.25) is 0 Å². The highest BCUT2D eigenvalue weighted by atomic mass is 19.4. The summed E-state index contributed by atoms with van der Waals surface area (Å²) < 4.78 is 43.0. The Morgan fingerprint density at radius 3 is 2.39 bits per heavy atom. The summed E-state index contributed by atoms with van der Waals surface area (Å²) in [5, 5.41) is 2.69. The van der Waals surface area contributed by atoms with Crippen LogP contribution in [0.1, 0.15) is 29.8 Å². The molecule has 0 saturated heterocycles. The molecule has 1 aromatic carbocycles. The summed E-state index contributed by atoms with van der Waals surface area (Å²) in [7, 11) is 1.12. The lowest BCUT2D eigenvalue weighted by Gasteiger charge is -2.17. The minimum Gasteiger partial charge on any atom is -0.465 e. The Morgan fingerprint density at radius 1 is 1.33 bits per heavy atom. The summed E-state index contributed by atoms with van der Waals surface area (Å²) in [6, 6.07) is 3.17. The molecule has 0 saturated carbocycles. The predicted molar refractivity (Wildman–Crippen MR) is 61.5 cm³/mol. The second kappa shape index (κ2) is 5.29. The Bertz CT molecular complexity index is 441. The lowest BCUT2D eigenvalue weighted by molar-refractivity contribution is -0.137. The van der Waals surface area contributed by atoms with Gasteiger partial charge < -0.3 is 10.1 Å². The third kappa shape index (κ3) is 3.38. The molecule has 0 bridgehead atoms. The van der Waals surface area contributed by atoms with Crippen LogP contribution in [0, 0.1) is 0 Å². The predicted octanol–water partition coefficient (Wildman–Crippen LogP) is 3.31. The van der Waals surface area contributed by atoms with Crippen molar-refractivity contribution in [2.45, 2.75) is 26.1 Å². The molecule has 0 unspecified atom stereocenters. The van der Waals surface area contributed by atoms with Crippen LogP contribution in [0.5, 0.6) is 0 Å². The van der Waals surface area contributed by atoms with Crippen molar-refractivity contribution in [3.63, 3.8) is 0 Å². The third-order valence-electron chi connectivity index (χ3n) is 2.19. The van der Waals surface area contributed by atoms with Crippen molar-refractivity contribution in [2.24, 2.45) is 0 Å². The summed E-state index contributed by atoms with van der Waals surface area (Å²) in [6.45, 7) is 3.46. The van der Waals surface area contributed by atoms with E-state index in [0.29, 0.717) is 0 Å². The van der Waals surface area contributed by atoms with Gasteiger partial charge in [0.15, 0.2) is 0 Å². The van der Waals surface area contributed by atoms with Gasteiger partial charge in [-0.15, -0.1) is 0 Å². The first kappa shape index (κ1) is 14.3. The van der Waals surface area contributed by atoms with Gasteiger partial charge in [-0.1, -0.05) is 0 Å². The number of carbonyl (C=O) groups is 1. The maximum absolute atomic E-state index is 12.9. The van der Waals surface area contributed by atoms with Gasteiger partial charge in [-0.2, -0.15) is 13.2 Å². The van der Waals surface area contributed by atoms with Crippen molar-refractivity contribution < 1.29 is 22.7 Å². The highest BCUT2D eigenvalue weighted by Gasteiger charge is 2.34. The van der Waals surface area contributed by atoms with E-state index >= 15 is 0 Å². The smallest absolute Gasteiger partial charge is 0.418 e. The topological polar surface area (TPSA) is 38.3 Å². The second-order valence-electron chi connectivity index (χ2n) is 4.05. The van der Waals surface area contributed by atoms with E-state index in [1.165, 1.54) is 12.1 Å². The molecule has 100 valence electrons. The van der Waals surface area contributed by atoms with Gasteiger partial charge >= 0.3 is 12.1 Å². The van der Waals surface area contributed by atoms with Crippen LogP contribution in [0.25, 0.3) is 0 Å². The van der Waals surface area contributed by atoms with Gasteiger partial charge in [0.25, 0.3) is 0 Å². The van der Waals surface area contributed by atoms with Crippen molar-refractivity contribution >= 4 is 11.7 Å². The number of halogens is 3. The van der Waals surface area contributed by atoms with E-state index in [2.05, 4.69) is 10.1 Å². The maximum atomic E-state index is 12.9. The Hall–Kier alpha value is -1.72. The Balaban J connectivity index is 3.25. The molecule has 0 heterocycles. The van der Waals surface area contributed by atoms with Crippen LogP contribution in [0.15, 0.2) is 18.2 Å². The molecule has 0 fully saturated rings. The van der Waals surface area contributed by atoms with Crippen molar-refractivity contribution in [1.82, 2.24) is 0 Å². The first-order valence-electron chi connectivity index (χ1n) is 5.31. The molecule has 0 aliphatic carbocycles. The van der Waals surface area contributed by atoms with E-state index < -0.39 is 17.7 Å². The van der Waals surface area contributed by atoms with Crippen molar-refractivity contribution in [3.8, 4) is 0 Å². The number of esters is 1. The van der Waals surface area contributed by atoms with Crippen molar-refractivity contribution in [1.29, 1.82) is 0 Å². The van der Waals surface area contributed by atoms with Gasteiger partial charge in [-0.05, 0) is 32.0 Å². The van der Waals surface area contributed by atoms with E-state index in [0.717, 1.165) is 13.2 Å². The van der Waals surface area contributed by atoms with Gasteiger partial charge in [0.05, 0.1) is 18.2 Å². The number of ether oxygens (including phenoxy) is 1. The molecule has 0 aliphatic heterocycles. The molecular formula is C12H14F3NO2. The number of anilines is 1. The number of nitrogens with one attached hydrogen (secondary N) is 1. The van der Waals surface area contributed by atoms with Crippen LogP contribution in [-0.4, -0.2) is 19.1 Å². The third-order valence-corrected chi connectivity index (χ3v) is 2.19. The van der Waals surface area contributed by atoms with Gasteiger partial charge in [0, 0.05) is 11.7 Å². The van der Waals surface area contributed by atoms with E-state index in [-0.39, 0.29) is 17.3 Å². The SMILES string of the molecule is COC(=O)c1ccc(NC(C)C)c(C(F)(F)F)c1.